The first-order chi connectivity index (χ1) is 8.15. The van der Waals surface area contributed by atoms with Crippen molar-refractivity contribution in [3.8, 4) is 0 Å². The average Bonchev–Trinajstić information content (AvgIpc) is 2.94. The SMILES string of the molecule is CCn1cc(C(O)c2nn(CC)nc2I)cn1. The largest absolute Gasteiger partial charge is 0.382 e. The van der Waals surface area contributed by atoms with Crippen LogP contribution in [0.25, 0.3) is 0 Å². The number of aliphatic hydroxyl groups is 1. The van der Waals surface area contributed by atoms with Gasteiger partial charge in [0.25, 0.3) is 0 Å². The molecule has 0 aliphatic carbocycles. The van der Waals surface area contributed by atoms with Gasteiger partial charge < -0.3 is 5.11 Å². The molecule has 1 unspecified atom stereocenters. The molecule has 0 aliphatic rings. The lowest BCUT2D eigenvalue weighted by atomic mass is 10.1. The standard InChI is InChI=1S/C10H14IN5O/c1-3-15-6-7(5-12-15)9(17)8-10(11)14-16(4-2)13-8/h5-6,9,17H,3-4H2,1-2H3. The number of halogens is 1. The molecular formula is C10H14IN5O. The second kappa shape index (κ2) is 5.13. The lowest BCUT2D eigenvalue weighted by Gasteiger charge is -2.04. The third-order valence-electron chi connectivity index (χ3n) is 2.47. The van der Waals surface area contributed by atoms with Gasteiger partial charge in [-0.15, -0.1) is 5.10 Å². The van der Waals surface area contributed by atoms with Crippen molar-refractivity contribution < 1.29 is 5.11 Å². The van der Waals surface area contributed by atoms with Crippen molar-refractivity contribution in [3.05, 3.63) is 27.4 Å². The number of nitrogens with zero attached hydrogens (tertiary/aromatic N) is 5. The molecule has 2 aromatic heterocycles. The highest BCUT2D eigenvalue weighted by atomic mass is 127. The zero-order valence-corrected chi connectivity index (χ0v) is 11.9. The van der Waals surface area contributed by atoms with Crippen molar-refractivity contribution in [1.29, 1.82) is 0 Å². The summed E-state index contributed by atoms with van der Waals surface area (Å²) in [4.78, 5) is 1.57. The second-order valence-corrected chi connectivity index (χ2v) is 4.62. The maximum absolute atomic E-state index is 10.2. The van der Waals surface area contributed by atoms with Crippen molar-refractivity contribution in [1.82, 2.24) is 24.8 Å². The van der Waals surface area contributed by atoms with Gasteiger partial charge in [-0.05, 0) is 36.4 Å². The molecule has 0 saturated heterocycles. The number of rotatable bonds is 4. The van der Waals surface area contributed by atoms with E-state index in [4.69, 9.17) is 0 Å². The van der Waals surface area contributed by atoms with E-state index in [1.807, 2.05) is 20.0 Å². The van der Waals surface area contributed by atoms with E-state index >= 15 is 0 Å². The molecule has 92 valence electrons. The van der Waals surface area contributed by atoms with Crippen molar-refractivity contribution in [2.45, 2.75) is 33.0 Å². The zero-order valence-electron chi connectivity index (χ0n) is 9.71. The van der Waals surface area contributed by atoms with Gasteiger partial charge in [0.15, 0.2) is 0 Å². The summed E-state index contributed by atoms with van der Waals surface area (Å²) in [5, 5.41) is 22.8. The molecule has 6 nitrogen and oxygen atoms in total. The fraction of sp³-hybridized carbons (Fsp3) is 0.500. The van der Waals surface area contributed by atoms with Crippen LogP contribution in [0.5, 0.6) is 0 Å². The summed E-state index contributed by atoms with van der Waals surface area (Å²) in [6, 6.07) is 0. The number of aromatic nitrogens is 5. The molecule has 0 amide bonds. The van der Waals surface area contributed by atoms with E-state index in [1.54, 1.807) is 15.7 Å². The normalized spacial score (nSPS) is 12.9. The Balaban J connectivity index is 2.29. The first-order valence-corrected chi connectivity index (χ1v) is 6.54. The Kier molecular flexibility index (Phi) is 3.77. The topological polar surface area (TPSA) is 68.8 Å². The molecule has 0 aromatic carbocycles. The van der Waals surface area contributed by atoms with Crippen LogP contribution in [0.15, 0.2) is 12.4 Å². The molecule has 0 spiro atoms. The summed E-state index contributed by atoms with van der Waals surface area (Å²) in [5.41, 5.74) is 1.33. The molecule has 0 aliphatic heterocycles. The van der Waals surface area contributed by atoms with E-state index < -0.39 is 6.10 Å². The first-order valence-electron chi connectivity index (χ1n) is 5.46. The maximum atomic E-state index is 10.2. The molecule has 0 saturated carbocycles. The van der Waals surface area contributed by atoms with Crippen LogP contribution in [0.4, 0.5) is 0 Å². The van der Waals surface area contributed by atoms with Crippen LogP contribution in [-0.2, 0) is 13.1 Å². The molecule has 2 heterocycles. The third kappa shape index (κ3) is 2.49. The number of hydrogen-bond donors (Lipinski definition) is 1. The minimum absolute atomic E-state index is 0.586. The first kappa shape index (κ1) is 12.5. The predicted octanol–water partition coefficient (Wildman–Crippen LogP) is 1.20. The highest BCUT2D eigenvalue weighted by molar-refractivity contribution is 14.1. The average molecular weight is 347 g/mol. The fourth-order valence-corrected chi connectivity index (χ4v) is 2.15. The Bertz CT molecular complexity index is 507. The molecule has 7 heteroatoms. The Morgan fingerprint density at radius 3 is 2.65 bits per heavy atom. The van der Waals surface area contributed by atoms with E-state index in [1.165, 1.54) is 0 Å². The number of aryl methyl sites for hydroxylation is 2. The highest BCUT2D eigenvalue weighted by Gasteiger charge is 2.20. The Morgan fingerprint density at radius 2 is 2.12 bits per heavy atom. The summed E-state index contributed by atoms with van der Waals surface area (Å²) < 4.78 is 2.50. The van der Waals surface area contributed by atoms with Crippen LogP contribution < -0.4 is 0 Å². The van der Waals surface area contributed by atoms with E-state index in [-0.39, 0.29) is 0 Å². The molecular weight excluding hydrogens is 333 g/mol. The van der Waals surface area contributed by atoms with E-state index in [9.17, 15) is 5.11 Å². The molecule has 0 fully saturated rings. The van der Waals surface area contributed by atoms with Crippen LogP contribution in [-0.4, -0.2) is 29.9 Å². The van der Waals surface area contributed by atoms with Gasteiger partial charge in [-0.2, -0.15) is 15.0 Å². The van der Waals surface area contributed by atoms with Crippen molar-refractivity contribution in [3.63, 3.8) is 0 Å². The van der Waals surface area contributed by atoms with E-state index in [0.29, 0.717) is 12.2 Å². The van der Waals surface area contributed by atoms with Crippen LogP contribution in [0.2, 0.25) is 0 Å². The van der Waals surface area contributed by atoms with Crippen LogP contribution in [0.1, 0.15) is 31.2 Å². The summed E-state index contributed by atoms with van der Waals surface area (Å²) >= 11 is 2.08. The van der Waals surface area contributed by atoms with Crippen LogP contribution in [0.3, 0.4) is 0 Å². The Hall–Kier alpha value is -0.960. The van der Waals surface area contributed by atoms with Gasteiger partial charge in [0.05, 0.1) is 12.7 Å². The van der Waals surface area contributed by atoms with Gasteiger partial charge >= 0.3 is 0 Å². The monoisotopic (exact) mass is 347 g/mol. The minimum atomic E-state index is -0.762. The minimum Gasteiger partial charge on any atom is -0.382 e. The highest BCUT2D eigenvalue weighted by Crippen LogP contribution is 2.22. The molecule has 2 rings (SSSR count). The van der Waals surface area contributed by atoms with Crippen molar-refractivity contribution in [2.75, 3.05) is 0 Å². The molecule has 0 radical (unpaired) electrons. The second-order valence-electron chi connectivity index (χ2n) is 3.60. The van der Waals surface area contributed by atoms with E-state index in [2.05, 4.69) is 37.9 Å². The summed E-state index contributed by atoms with van der Waals surface area (Å²) in [5.74, 6) is 0. The number of hydrogen-bond acceptors (Lipinski definition) is 4. The summed E-state index contributed by atoms with van der Waals surface area (Å²) in [6.45, 7) is 5.43. The van der Waals surface area contributed by atoms with Gasteiger partial charge in [-0.25, -0.2) is 0 Å². The Morgan fingerprint density at radius 1 is 1.35 bits per heavy atom. The maximum Gasteiger partial charge on any atom is 0.149 e. The van der Waals surface area contributed by atoms with Gasteiger partial charge in [-0.1, -0.05) is 0 Å². The fourth-order valence-electron chi connectivity index (χ4n) is 1.50. The lowest BCUT2D eigenvalue weighted by molar-refractivity contribution is 0.213. The van der Waals surface area contributed by atoms with Crippen LogP contribution >= 0.6 is 22.6 Å². The number of aliphatic hydroxyl groups excluding tert-OH is 1. The van der Waals surface area contributed by atoms with Crippen molar-refractivity contribution >= 4 is 22.6 Å². The summed E-state index contributed by atoms with van der Waals surface area (Å²) in [6.07, 6.45) is 2.73. The Labute approximate surface area is 113 Å². The molecule has 17 heavy (non-hydrogen) atoms. The molecule has 0 bridgehead atoms. The quantitative estimate of drug-likeness (QED) is 0.844. The smallest absolute Gasteiger partial charge is 0.149 e. The van der Waals surface area contributed by atoms with Gasteiger partial charge in [-0.3, -0.25) is 4.68 Å². The van der Waals surface area contributed by atoms with Gasteiger partial charge in [0, 0.05) is 18.3 Å². The molecule has 2 aromatic rings. The van der Waals surface area contributed by atoms with Crippen LogP contribution in [0, 0.1) is 3.70 Å². The summed E-state index contributed by atoms with van der Waals surface area (Å²) in [7, 11) is 0. The lowest BCUT2D eigenvalue weighted by Crippen LogP contribution is -2.03. The van der Waals surface area contributed by atoms with Gasteiger partial charge in [0.2, 0.25) is 0 Å². The predicted molar refractivity (Wildman–Crippen MR) is 70.4 cm³/mol. The zero-order chi connectivity index (χ0) is 12.4. The van der Waals surface area contributed by atoms with Crippen molar-refractivity contribution in [2.24, 2.45) is 0 Å². The van der Waals surface area contributed by atoms with E-state index in [0.717, 1.165) is 15.8 Å². The third-order valence-corrected chi connectivity index (χ3v) is 3.24. The van der Waals surface area contributed by atoms with Gasteiger partial charge in [0.1, 0.15) is 15.5 Å². The molecule has 1 N–H and O–H groups in total. The molecule has 1 atom stereocenters.